The van der Waals surface area contributed by atoms with Gasteiger partial charge in [0, 0.05) is 38.9 Å². The summed E-state index contributed by atoms with van der Waals surface area (Å²) >= 11 is 0. The zero-order valence-electron chi connectivity index (χ0n) is 11.7. The minimum atomic E-state index is 0.864. The molecule has 0 atom stereocenters. The van der Waals surface area contributed by atoms with Crippen molar-refractivity contribution < 1.29 is 4.74 Å². The van der Waals surface area contributed by atoms with Gasteiger partial charge in [-0.15, -0.1) is 0 Å². The lowest BCUT2D eigenvalue weighted by molar-refractivity contribution is 0.243. The number of rotatable bonds is 3. The second kappa shape index (κ2) is 5.80. The third kappa shape index (κ3) is 3.01. The Kier molecular flexibility index (Phi) is 3.89. The van der Waals surface area contributed by atoms with Crippen molar-refractivity contribution in [2.24, 2.45) is 0 Å². The summed E-state index contributed by atoms with van der Waals surface area (Å²) < 4.78 is 5.67. The molecule has 1 fully saturated rings. The Morgan fingerprint density at radius 2 is 2.16 bits per heavy atom. The van der Waals surface area contributed by atoms with Crippen LogP contribution in [0.4, 0.5) is 5.69 Å². The number of fused-ring (bicyclic) bond motifs is 1. The molecule has 2 aliphatic rings. The molecule has 0 aromatic heterocycles. The number of benzene rings is 1. The molecule has 1 N–H and O–H groups in total. The van der Waals surface area contributed by atoms with Gasteiger partial charge in [-0.05, 0) is 36.6 Å². The topological polar surface area (TPSA) is 27.7 Å². The van der Waals surface area contributed by atoms with E-state index in [4.69, 9.17) is 4.74 Å². The quantitative estimate of drug-likeness (QED) is 0.888. The lowest BCUT2D eigenvalue weighted by atomic mass is 10.1. The van der Waals surface area contributed by atoms with Gasteiger partial charge in [-0.1, -0.05) is 0 Å². The van der Waals surface area contributed by atoms with Crippen LogP contribution < -0.4 is 15.0 Å². The number of ether oxygens (including phenoxy) is 1. The first-order valence-corrected chi connectivity index (χ1v) is 7.23. The van der Waals surface area contributed by atoms with Crippen molar-refractivity contribution in [3.05, 3.63) is 23.8 Å². The molecule has 1 aromatic carbocycles. The second-order valence-electron chi connectivity index (χ2n) is 5.45. The number of hydrogen-bond donors (Lipinski definition) is 1. The molecule has 0 saturated carbocycles. The fourth-order valence-electron chi connectivity index (χ4n) is 2.82. The van der Waals surface area contributed by atoms with Crippen LogP contribution in [0.1, 0.15) is 12.0 Å². The van der Waals surface area contributed by atoms with Crippen molar-refractivity contribution in [3.63, 3.8) is 0 Å². The van der Waals surface area contributed by atoms with E-state index in [1.54, 1.807) is 0 Å². The SMILES string of the molecule is CN(CN1CCNCC1)c1ccc2c(c1)CCCO2. The average Bonchev–Trinajstić information content (AvgIpc) is 2.48. The molecule has 4 heteroatoms. The van der Waals surface area contributed by atoms with Gasteiger partial charge in [-0.3, -0.25) is 4.90 Å². The Labute approximate surface area is 115 Å². The number of nitrogens with one attached hydrogen (secondary N) is 1. The van der Waals surface area contributed by atoms with Crippen LogP contribution in [0.15, 0.2) is 18.2 Å². The van der Waals surface area contributed by atoms with Crippen LogP contribution in [-0.2, 0) is 6.42 Å². The van der Waals surface area contributed by atoms with E-state index in [9.17, 15) is 0 Å². The summed E-state index contributed by atoms with van der Waals surface area (Å²) in [5, 5.41) is 3.39. The van der Waals surface area contributed by atoms with Crippen molar-refractivity contribution in [2.75, 3.05) is 51.4 Å². The fraction of sp³-hybridized carbons (Fsp3) is 0.600. The van der Waals surface area contributed by atoms with E-state index < -0.39 is 0 Å². The second-order valence-corrected chi connectivity index (χ2v) is 5.45. The van der Waals surface area contributed by atoms with E-state index in [0.717, 1.165) is 58.0 Å². The Bertz CT molecular complexity index is 429. The highest BCUT2D eigenvalue weighted by Gasteiger charge is 2.15. The molecule has 0 bridgehead atoms. The predicted octanol–water partition coefficient (Wildman–Crippen LogP) is 1.31. The monoisotopic (exact) mass is 261 g/mol. The van der Waals surface area contributed by atoms with Crippen LogP contribution in [0.3, 0.4) is 0 Å². The minimum absolute atomic E-state index is 0.864. The van der Waals surface area contributed by atoms with Crippen molar-refractivity contribution in [3.8, 4) is 5.75 Å². The molecule has 3 rings (SSSR count). The molecule has 4 nitrogen and oxygen atoms in total. The summed E-state index contributed by atoms with van der Waals surface area (Å²) in [6.07, 6.45) is 2.28. The van der Waals surface area contributed by atoms with Crippen LogP contribution in [-0.4, -0.2) is 51.4 Å². The number of hydrogen-bond acceptors (Lipinski definition) is 4. The molecular weight excluding hydrogens is 238 g/mol. The Balaban J connectivity index is 1.67. The van der Waals surface area contributed by atoms with Gasteiger partial charge >= 0.3 is 0 Å². The van der Waals surface area contributed by atoms with E-state index >= 15 is 0 Å². The maximum Gasteiger partial charge on any atom is 0.122 e. The summed E-state index contributed by atoms with van der Waals surface area (Å²) in [5.74, 6) is 1.07. The van der Waals surface area contributed by atoms with E-state index in [1.165, 1.54) is 11.3 Å². The third-order valence-corrected chi connectivity index (χ3v) is 3.95. The number of aryl methyl sites for hydroxylation is 1. The van der Waals surface area contributed by atoms with Crippen molar-refractivity contribution in [2.45, 2.75) is 12.8 Å². The highest BCUT2D eigenvalue weighted by atomic mass is 16.5. The molecule has 0 spiro atoms. The lowest BCUT2D eigenvalue weighted by Crippen LogP contribution is -2.47. The molecule has 0 amide bonds. The molecule has 104 valence electrons. The van der Waals surface area contributed by atoms with Crippen molar-refractivity contribution in [1.29, 1.82) is 0 Å². The Morgan fingerprint density at radius 3 is 3.00 bits per heavy atom. The number of anilines is 1. The summed E-state index contributed by atoms with van der Waals surface area (Å²) in [7, 11) is 2.17. The Hall–Kier alpha value is -1.26. The molecule has 19 heavy (non-hydrogen) atoms. The molecule has 1 aromatic rings. The first kappa shape index (κ1) is 12.8. The largest absolute Gasteiger partial charge is 0.493 e. The predicted molar refractivity (Wildman–Crippen MR) is 78.0 cm³/mol. The Morgan fingerprint density at radius 1 is 1.32 bits per heavy atom. The van der Waals surface area contributed by atoms with Gasteiger partial charge in [0.2, 0.25) is 0 Å². The van der Waals surface area contributed by atoms with Gasteiger partial charge < -0.3 is 15.0 Å². The van der Waals surface area contributed by atoms with E-state index in [-0.39, 0.29) is 0 Å². The maximum absolute atomic E-state index is 5.67. The van der Waals surface area contributed by atoms with Gasteiger partial charge in [0.1, 0.15) is 5.75 Å². The number of nitrogens with zero attached hydrogens (tertiary/aromatic N) is 2. The fourth-order valence-corrected chi connectivity index (χ4v) is 2.82. The van der Waals surface area contributed by atoms with Gasteiger partial charge in [-0.2, -0.15) is 0 Å². The highest BCUT2D eigenvalue weighted by Crippen LogP contribution is 2.28. The zero-order valence-corrected chi connectivity index (χ0v) is 11.7. The molecule has 0 radical (unpaired) electrons. The summed E-state index contributed by atoms with van der Waals surface area (Å²) in [6.45, 7) is 6.35. The first-order valence-electron chi connectivity index (χ1n) is 7.23. The van der Waals surface area contributed by atoms with Crippen LogP contribution >= 0.6 is 0 Å². The molecule has 2 heterocycles. The zero-order chi connectivity index (χ0) is 13.1. The normalized spacial score (nSPS) is 19.6. The van der Waals surface area contributed by atoms with Gasteiger partial charge in [0.15, 0.2) is 0 Å². The van der Waals surface area contributed by atoms with E-state index in [2.05, 4.69) is 40.4 Å². The van der Waals surface area contributed by atoms with Crippen molar-refractivity contribution >= 4 is 5.69 Å². The number of piperazine rings is 1. The third-order valence-electron chi connectivity index (χ3n) is 3.95. The van der Waals surface area contributed by atoms with Crippen LogP contribution in [0.5, 0.6) is 5.75 Å². The molecule has 2 aliphatic heterocycles. The summed E-state index contributed by atoms with van der Waals surface area (Å²) in [6, 6.07) is 6.58. The highest BCUT2D eigenvalue weighted by molar-refractivity contribution is 5.53. The van der Waals surface area contributed by atoms with Crippen LogP contribution in [0.2, 0.25) is 0 Å². The minimum Gasteiger partial charge on any atom is -0.493 e. The standard InChI is InChI=1S/C15H23N3O/c1-17(12-18-8-6-16-7-9-18)14-4-5-15-13(11-14)3-2-10-19-15/h4-5,11,16H,2-3,6-10,12H2,1H3. The maximum atomic E-state index is 5.67. The average molecular weight is 261 g/mol. The van der Waals surface area contributed by atoms with Crippen molar-refractivity contribution in [1.82, 2.24) is 10.2 Å². The summed E-state index contributed by atoms with van der Waals surface area (Å²) in [5.41, 5.74) is 2.65. The molecule has 1 saturated heterocycles. The lowest BCUT2D eigenvalue weighted by Gasteiger charge is -2.32. The van der Waals surface area contributed by atoms with Gasteiger partial charge in [0.05, 0.1) is 13.3 Å². The van der Waals surface area contributed by atoms with Gasteiger partial charge in [-0.25, -0.2) is 0 Å². The van der Waals surface area contributed by atoms with Crippen LogP contribution in [0, 0.1) is 0 Å². The van der Waals surface area contributed by atoms with E-state index in [1.807, 2.05) is 0 Å². The molecule has 0 aliphatic carbocycles. The molecular formula is C15H23N3O. The summed E-state index contributed by atoms with van der Waals surface area (Å²) in [4.78, 5) is 4.83. The first-order chi connectivity index (χ1) is 9.33. The van der Waals surface area contributed by atoms with E-state index in [0.29, 0.717) is 0 Å². The van der Waals surface area contributed by atoms with Gasteiger partial charge in [0.25, 0.3) is 0 Å². The van der Waals surface area contributed by atoms with Crippen LogP contribution in [0.25, 0.3) is 0 Å². The smallest absolute Gasteiger partial charge is 0.122 e. The molecule has 0 unspecified atom stereocenters.